The van der Waals surface area contributed by atoms with E-state index in [1.54, 1.807) is 14.0 Å². The third kappa shape index (κ3) is 5.64. The number of ether oxygens (including phenoxy) is 1. The second-order valence-corrected chi connectivity index (χ2v) is 5.13. The van der Waals surface area contributed by atoms with E-state index in [0.717, 1.165) is 11.3 Å². The standard InChI is InChI=1S/C9H12O2.C8H9Cl/c1-7(10)8-3-5-9(11-2)6-4-8;1-7(9)8-5-3-2-4-6-8/h3-7,10H,1-2H3;2-7H,1H3. The number of rotatable bonds is 3. The van der Waals surface area contributed by atoms with E-state index in [2.05, 4.69) is 0 Å². The maximum absolute atomic E-state index is 9.15. The van der Waals surface area contributed by atoms with Gasteiger partial charge in [-0.1, -0.05) is 42.5 Å². The molecule has 20 heavy (non-hydrogen) atoms. The van der Waals surface area contributed by atoms with E-state index < -0.39 is 6.10 Å². The highest BCUT2D eigenvalue weighted by Crippen LogP contribution is 2.17. The highest BCUT2D eigenvalue weighted by Gasteiger charge is 1.98. The molecule has 2 rings (SSSR count). The molecular weight excluding hydrogens is 272 g/mol. The molecule has 0 aromatic heterocycles. The lowest BCUT2D eigenvalue weighted by Gasteiger charge is -2.04. The molecule has 0 aliphatic carbocycles. The number of aliphatic hydroxyl groups is 1. The number of benzene rings is 2. The Bertz CT molecular complexity index is 478. The number of methoxy groups -OCH3 is 1. The van der Waals surface area contributed by atoms with Gasteiger partial charge in [0.15, 0.2) is 0 Å². The molecule has 0 spiro atoms. The fourth-order valence-corrected chi connectivity index (χ4v) is 1.75. The molecule has 0 aliphatic rings. The van der Waals surface area contributed by atoms with Crippen molar-refractivity contribution in [2.45, 2.75) is 25.3 Å². The lowest BCUT2D eigenvalue weighted by Crippen LogP contribution is -1.90. The van der Waals surface area contributed by atoms with E-state index in [1.165, 1.54) is 5.56 Å². The molecule has 0 heterocycles. The molecule has 0 fully saturated rings. The molecular formula is C17H21ClO2. The summed E-state index contributed by atoms with van der Waals surface area (Å²) >= 11 is 5.80. The Hall–Kier alpha value is -1.51. The molecule has 0 bridgehead atoms. The van der Waals surface area contributed by atoms with Gasteiger partial charge in [-0.3, -0.25) is 0 Å². The van der Waals surface area contributed by atoms with Crippen molar-refractivity contribution >= 4 is 11.6 Å². The van der Waals surface area contributed by atoms with Crippen LogP contribution in [-0.4, -0.2) is 12.2 Å². The van der Waals surface area contributed by atoms with Gasteiger partial charge < -0.3 is 9.84 Å². The van der Waals surface area contributed by atoms with E-state index >= 15 is 0 Å². The third-order valence-corrected chi connectivity index (χ3v) is 3.11. The molecule has 2 aromatic rings. The van der Waals surface area contributed by atoms with Gasteiger partial charge in [-0.2, -0.15) is 0 Å². The van der Waals surface area contributed by atoms with Crippen LogP contribution in [0.25, 0.3) is 0 Å². The zero-order chi connectivity index (χ0) is 15.0. The van der Waals surface area contributed by atoms with Crippen LogP contribution < -0.4 is 4.74 Å². The monoisotopic (exact) mass is 292 g/mol. The van der Waals surface area contributed by atoms with Crippen LogP contribution in [0.3, 0.4) is 0 Å². The van der Waals surface area contributed by atoms with Gasteiger partial charge in [-0.15, -0.1) is 11.6 Å². The second kappa shape index (κ2) is 8.62. The lowest BCUT2D eigenvalue weighted by molar-refractivity contribution is 0.199. The van der Waals surface area contributed by atoms with Crippen LogP contribution in [0.5, 0.6) is 5.75 Å². The highest BCUT2D eigenvalue weighted by atomic mass is 35.5. The number of alkyl halides is 1. The van der Waals surface area contributed by atoms with E-state index in [0.29, 0.717) is 0 Å². The normalized spacial score (nSPS) is 12.8. The molecule has 2 atom stereocenters. The Labute approximate surface area is 126 Å². The molecule has 0 amide bonds. The van der Waals surface area contributed by atoms with Gasteiger partial charge in [-0.25, -0.2) is 0 Å². The van der Waals surface area contributed by atoms with Crippen LogP contribution in [0.2, 0.25) is 0 Å². The Balaban J connectivity index is 0.000000204. The van der Waals surface area contributed by atoms with Crippen molar-refractivity contribution in [2.75, 3.05) is 7.11 Å². The van der Waals surface area contributed by atoms with E-state index in [9.17, 15) is 0 Å². The topological polar surface area (TPSA) is 29.5 Å². The Morgan fingerprint density at radius 3 is 1.80 bits per heavy atom. The summed E-state index contributed by atoms with van der Waals surface area (Å²) in [6, 6.07) is 17.4. The zero-order valence-corrected chi connectivity index (χ0v) is 12.8. The molecule has 2 aromatic carbocycles. The van der Waals surface area contributed by atoms with Gasteiger partial charge in [0.05, 0.1) is 18.6 Å². The number of halogens is 1. The first-order valence-corrected chi connectivity index (χ1v) is 6.99. The fourth-order valence-electron chi connectivity index (χ4n) is 1.60. The third-order valence-electron chi connectivity index (χ3n) is 2.86. The van der Waals surface area contributed by atoms with Gasteiger partial charge in [0, 0.05) is 0 Å². The Morgan fingerprint density at radius 1 is 0.900 bits per heavy atom. The molecule has 2 nitrogen and oxygen atoms in total. The minimum atomic E-state index is -0.402. The van der Waals surface area contributed by atoms with Gasteiger partial charge >= 0.3 is 0 Å². The van der Waals surface area contributed by atoms with Gasteiger partial charge in [0.2, 0.25) is 0 Å². The molecule has 1 N–H and O–H groups in total. The molecule has 2 unspecified atom stereocenters. The smallest absolute Gasteiger partial charge is 0.118 e. The maximum Gasteiger partial charge on any atom is 0.118 e. The van der Waals surface area contributed by atoms with Crippen molar-refractivity contribution in [3.05, 3.63) is 65.7 Å². The fraction of sp³-hybridized carbons (Fsp3) is 0.294. The van der Waals surface area contributed by atoms with Crippen LogP contribution in [0.15, 0.2) is 54.6 Å². The summed E-state index contributed by atoms with van der Waals surface area (Å²) in [7, 11) is 1.62. The summed E-state index contributed by atoms with van der Waals surface area (Å²) in [5.74, 6) is 0.814. The van der Waals surface area contributed by atoms with Gasteiger partial charge in [0.25, 0.3) is 0 Å². The van der Waals surface area contributed by atoms with E-state index in [1.807, 2.05) is 61.5 Å². The summed E-state index contributed by atoms with van der Waals surface area (Å²) in [5, 5.41) is 9.28. The summed E-state index contributed by atoms with van der Waals surface area (Å²) < 4.78 is 4.97. The zero-order valence-electron chi connectivity index (χ0n) is 12.1. The Kier molecular flexibility index (Phi) is 7.13. The highest BCUT2D eigenvalue weighted by molar-refractivity contribution is 6.20. The lowest BCUT2D eigenvalue weighted by atomic mass is 10.1. The quantitative estimate of drug-likeness (QED) is 0.828. The van der Waals surface area contributed by atoms with Crippen LogP contribution in [0.4, 0.5) is 0 Å². The number of aliphatic hydroxyl groups excluding tert-OH is 1. The average molecular weight is 293 g/mol. The molecule has 108 valence electrons. The van der Waals surface area contributed by atoms with Crippen LogP contribution in [0, 0.1) is 0 Å². The molecule has 0 aliphatic heterocycles. The van der Waals surface area contributed by atoms with Crippen molar-refractivity contribution in [1.82, 2.24) is 0 Å². The predicted octanol–water partition coefficient (Wildman–Crippen LogP) is 4.73. The van der Waals surface area contributed by atoms with Gasteiger partial charge in [0.1, 0.15) is 5.75 Å². The average Bonchev–Trinajstić information content (AvgIpc) is 2.49. The maximum atomic E-state index is 9.15. The number of hydrogen-bond acceptors (Lipinski definition) is 2. The first kappa shape index (κ1) is 16.5. The summed E-state index contributed by atoms with van der Waals surface area (Å²) in [4.78, 5) is 0. The minimum absolute atomic E-state index is 0.131. The SMILES string of the molecule is CC(Cl)c1ccccc1.COc1ccc(C(C)O)cc1. The van der Waals surface area contributed by atoms with Crippen LogP contribution in [0.1, 0.15) is 36.5 Å². The minimum Gasteiger partial charge on any atom is -0.497 e. The molecule has 3 heteroatoms. The first-order chi connectivity index (χ1) is 9.54. The summed E-state index contributed by atoms with van der Waals surface area (Å²) in [5.41, 5.74) is 2.09. The van der Waals surface area contributed by atoms with E-state index in [-0.39, 0.29) is 5.38 Å². The van der Waals surface area contributed by atoms with E-state index in [4.69, 9.17) is 21.4 Å². The van der Waals surface area contributed by atoms with Crippen LogP contribution >= 0.6 is 11.6 Å². The van der Waals surface area contributed by atoms with Crippen molar-refractivity contribution < 1.29 is 9.84 Å². The molecule has 0 saturated carbocycles. The van der Waals surface area contributed by atoms with Crippen molar-refractivity contribution in [1.29, 1.82) is 0 Å². The van der Waals surface area contributed by atoms with Crippen molar-refractivity contribution in [3.63, 3.8) is 0 Å². The molecule has 0 saturated heterocycles. The predicted molar refractivity (Wildman–Crippen MR) is 84.3 cm³/mol. The van der Waals surface area contributed by atoms with Crippen molar-refractivity contribution in [2.24, 2.45) is 0 Å². The largest absolute Gasteiger partial charge is 0.497 e. The molecule has 0 radical (unpaired) electrons. The Morgan fingerprint density at radius 2 is 1.45 bits per heavy atom. The summed E-state index contributed by atoms with van der Waals surface area (Å²) in [6.45, 7) is 3.71. The number of hydrogen-bond donors (Lipinski definition) is 1. The summed E-state index contributed by atoms with van der Waals surface area (Å²) in [6.07, 6.45) is -0.402. The first-order valence-electron chi connectivity index (χ1n) is 6.55. The van der Waals surface area contributed by atoms with Crippen molar-refractivity contribution in [3.8, 4) is 5.75 Å². The van der Waals surface area contributed by atoms with Crippen LogP contribution in [-0.2, 0) is 0 Å². The van der Waals surface area contributed by atoms with Gasteiger partial charge in [-0.05, 0) is 37.1 Å². The second-order valence-electron chi connectivity index (χ2n) is 4.48.